The van der Waals surface area contributed by atoms with Crippen molar-refractivity contribution in [1.82, 2.24) is 9.88 Å². The number of rotatable bonds is 5. The van der Waals surface area contributed by atoms with Crippen molar-refractivity contribution in [3.8, 4) is 17.7 Å². The van der Waals surface area contributed by atoms with Gasteiger partial charge in [-0.3, -0.25) is 4.90 Å². The molecule has 3 aromatic rings. The topological polar surface area (TPSA) is 49.1 Å². The zero-order valence-corrected chi connectivity index (χ0v) is 17.4. The van der Waals surface area contributed by atoms with Crippen LogP contribution in [0.5, 0.6) is 11.6 Å². The first kappa shape index (κ1) is 20.1. The number of ether oxygens (including phenoxy) is 1. The number of nitriles is 1. The maximum Gasteiger partial charge on any atom is 0.219 e. The van der Waals surface area contributed by atoms with Crippen molar-refractivity contribution in [2.45, 2.75) is 38.6 Å². The lowest BCUT2D eigenvalue weighted by Gasteiger charge is -2.21. The standard InChI is InChI=1S/C26H27N3O/c1-20-16-21(9-11-25(20)30-26-12-10-22(17-27)18-28-26)19-29-14-5-8-24(13-15-29)23-6-3-2-4-7-23/h2-4,6-7,9-12,16,18,24H,5,8,13-15,19H2,1H3. The lowest BCUT2D eigenvalue weighted by molar-refractivity contribution is 0.275. The smallest absolute Gasteiger partial charge is 0.219 e. The van der Waals surface area contributed by atoms with E-state index in [1.807, 2.05) is 6.07 Å². The molecule has 1 aromatic heterocycles. The average Bonchev–Trinajstić information content (AvgIpc) is 3.02. The maximum atomic E-state index is 8.88. The molecule has 30 heavy (non-hydrogen) atoms. The van der Waals surface area contributed by atoms with E-state index in [1.54, 1.807) is 12.1 Å². The molecule has 0 aliphatic carbocycles. The van der Waals surface area contributed by atoms with Crippen molar-refractivity contribution in [2.24, 2.45) is 0 Å². The van der Waals surface area contributed by atoms with Crippen molar-refractivity contribution in [3.63, 3.8) is 0 Å². The Kier molecular flexibility index (Phi) is 6.41. The molecule has 4 nitrogen and oxygen atoms in total. The minimum atomic E-state index is 0.504. The minimum absolute atomic E-state index is 0.504. The van der Waals surface area contributed by atoms with Gasteiger partial charge in [-0.25, -0.2) is 4.98 Å². The Labute approximate surface area is 178 Å². The highest BCUT2D eigenvalue weighted by Gasteiger charge is 2.18. The lowest BCUT2D eigenvalue weighted by atomic mass is 9.92. The minimum Gasteiger partial charge on any atom is -0.439 e. The Morgan fingerprint density at radius 2 is 1.93 bits per heavy atom. The van der Waals surface area contributed by atoms with Gasteiger partial charge in [0, 0.05) is 18.8 Å². The highest BCUT2D eigenvalue weighted by atomic mass is 16.5. The molecule has 152 valence electrons. The molecule has 1 aliphatic rings. The molecular formula is C26H27N3O. The molecule has 4 rings (SSSR count). The van der Waals surface area contributed by atoms with Crippen LogP contribution in [0.4, 0.5) is 0 Å². The average molecular weight is 398 g/mol. The SMILES string of the molecule is Cc1cc(CN2CCCC(c3ccccc3)CC2)ccc1Oc1ccc(C#N)cn1. The molecular weight excluding hydrogens is 370 g/mol. The molecule has 2 heterocycles. The molecule has 0 spiro atoms. The fourth-order valence-electron chi connectivity index (χ4n) is 4.17. The molecule has 1 fully saturated rings. The molecule has 4 heteroatoms. The van der Waals surface area contributed by atoms with Crippen LogP contribution in [-0.4, -0.2) is 23.0 Å². The predicted molar refractivity (Wildman–Crippen MR) is 119 cm³/mol. The third-order valence-corrected chi connectivity index (χ3v) is 5.82. The summed E-state index contributed by atoms with van der Waals surface area (Å²) in [6.45, 7) is 5.32. The monoisotopic (exact) mass is 397 g/mol. The number of benzene rings is 2. The van der Waals surface area contributed by atoms with Crippen molar-refractivity contribution < 1.29 is 4.74 Å². The number of hydrogen-bond donors (Lipinski definition) is 0. The second-order valence-electron chi connectivity index (χ2n) is 8.01. The van der Waals surface area contributed by atoms with E-state index in [4.69, 9.17) is 10.00 Å². The van der Waals surface area contributed by atoms with Crippen LogP contribution in [0.25, 0.3) is 0 Å². The first-order chi connectivity index (χ1) is 14.7. The van der Waals surface area contributed by atoms with E-state index in [2.05, 4.69) is 65.3 Å². The summed E-state index contributed by atoms with van der Waals surface area (Å²) < 4.78 is 5.90. The van der Waals surface area contributed by atoms with Crippen molar-refractivity contribution in [3.05, 3.63) is 89.1 Å². The van der Waals surface area contributed by atoms with E-state index >= 15 is 0 Å². The largest absolute Gasteiger partial charge is 0.439 e. The third-order valence-electron chi connectivity index (χ3n) is 5.82. The van der Waals surface area contributed by atoms with Crippen LogP contribution in [0, 0.1) is 18.3 Å². The molecule has 1 unspecified atom stereocenters. The zero-order chi connectivity index (χ0) is 20.8. The van der Waals surface area contributed by atoms with Crippen molar-refractivity contribution in [2.75, 3.05) is 13.1 Å². The van der Waals surface area contributed by atoms with Gasteiger partial charge in [-0.1, -0.05) is 42.5 Å². The highest BCUT2D eigenvalue weighted by molar-refractivity contribution is 5.39. The van der Waals surface area contributed by atoms with Crippen LogP contribution in [0.15, 0.2) is 66.9 Å². The number of nitrogens with zero attached hydrogens (tertiary/aromatic N) is 3. The van der Waals surface area contributed by atoms with Crippen LogP contribution in [0.1, 0.15) is 47.4 Å². The van der Waals surface area contributed by atoms with Crippen LogP contribution in [-0.2, 0) is 6.54 Å². The van der Waals surface area contributed by atoms with Crippen LogP contribution in [0.2, 0.25) is 0 Å². The van der Waals surface area contributed by atoms with Gasteiger partial charge in [0.2, 0.25) is 5.88 Å². The quantitative estimate of drug-likeness (QED) is 0.544. The summed E-state index contributed by atoms with van der Waals surface area (Å²) in [6, 6.07) is 22.8. The molecule has 2 aromatic carbocycles. The summed E-state index contributed by atoms with van der Waals surface area (Å²) in [6.07, 6.45) is 5.25. The summed E-state index contributed by atoms with van der Waals surface area (Å²) >= 11 is 0. The zero-order valence-electron chi connectivity index (χ0n) is 17.4. The van der Waals surface area contributed by atoms with Gasteiger partial charge < -0.3 is 4.74 Å². The van der Waals surface area contributed by atoms with Crippen molar-refractivity contribution in [1.29, 1.82) is 5.26 Å². The van der Waals surface area contributed by atoms with Crippen LogP contribution in [0.3, 0.4) is 0 Å². The Balaban J connectivity index is 1.36. The molecule has 0 N–H and O–H groups in total. The lowest BCUT2D eigenvalue weighted by Crippen LogP contribution is -2.24. The molecule has 0 saturated carbocycles. The highest BCUT2D eigenvalue weighted by Crippen LogP contribution is 2.29. The number of likely N-dealkylation sites (tertiary alicyclic amines) is 1. The summed E-state index contributed by atoms with van der Waals surface area (Å²) in [5.74, 6) is 1.98. The number of hydrogen-bond acceptors (Lipinski definition) is 4. The predicted octanol–water partition coefficient (Wildman–Crippen LogP) is 5.82. The van der Waals surface area contributed by atoms with Gasteiger partial charge >= 0.3 is 0 Å². The fourth-order valence-corrected chi connectivity index (χ4v) is 4.17. The van der Waals surface area contributed by atoms with E-state index in [0.717, 1.165) is 30.9 Å². The summed E-state index contributed by atoms with van der Waals surface area (Å²) in [4.78, 5) is 6.76. The number of pyridine rings is 1. The Morgan fingerprint density at radius 3 is 2.67 bits per heavy atom. The van der Waals surface area contributed by atoms with E-state index in [9.17, 15) is 0 Å². The Morgan fingerprint density at radius 1 is 1.07 bits per heavy atom. The second-order valence-corrected chi connectivity index (χ2v) is 8.01. The number of aryl methyl sites for hydroxylation is 1. The summed E-state index contributed by atoms with van der Waals surface area (Å²) in [5.41, 5.74) is 4.41. The molecule has 0 radical (unpaired) electrons. The first-order valence-electron chi connectivity index (χ1n) is 10.6. The van der Waals surface area contributed by atoms with E-state index in [1.165, 1.54) is 36.6 Å². The van der Waals surface area contributed by atoms with Gasteiger partial charge in [0.05, 0.1) is 5.56 Å². The Bertz CT molecular complexity index is 1010. The summed E-state index contributed by atoms with van der Waals surface area (Å²) in [5, 5.41) is 8.88. The van der Waals surface area contributed by atoms with E-state index in [0.29, 0.717) is 17.4 Å². The third kappa shape index (κ3) is 5.06. The van der Waals surface area contributed by atoms with Crippen LogP contribution >= 0.6 is 0 Å². The van der Waals surface area contributed by atoms with Gasteiger partial charge in [0.25, 0.3) is 0 Å². The van der Waals surface area contributed by atoms with Gasteiger partial charge in [-0.05, 0) is 74.0 Å². The van der Waals surface area contributed by atoms with Crippen LogP contribution < -0.4 is 4.74 Å². The normalized spacial score (nSPS) is 17.1. The molecule has 0 bridgehead atoms. The first-order valence-corrected chi connectivity index (χ1v) is 10.6. The maximum absolute atomic E-state index is 8.88. The molecule has 0 amide bonds. The van der Waals surface area contributed by atoms with Gasteiger partial charge in [0.1, 0.15) is 11.8 Å². The molecule has 1 saturated heterocycles. The molecule has 1 atom stereocenters. The Hall–Kier alpha value is -3.16. The molecule has 1 aliphatic heterocycles. The van der Waals surface area contributed by atoms with Crippen molar-refractivity contribution >= 4 is 0 Å². The fraction of sp³-hybridized carbons (Fsp3) is 0.308. The van der Waals surface area contributed by atoms with Gasteiger partial charge in [0.15, 0.2) is 0 Å². The summed E-state index contributed by atoms with van der Waals surface area (Å²) in [7, 11) is 0. The number of aromatic nitrogens is 1. The van der Waals surface area contributed by atoms with Gasteiger partial charge in [-0.2, -0.15) is 5.26 Å². The van der Waals surface area contributed by atoms with E-state index in [-0.39, 0.29) is 0 Å². The van der Waals surface area contributed by atoms with Gasteiger partial charge in [-0.15, -0.1) is 0 Å². The second kappa shape index (κ2) is 9.56. The van der Waals surface area contributed by atoms with E-state index < -0.39 is 0 Å².